The highest BCUT2D eigenvalue weighted by molar-refractivity contribution is 5.22. The van der Waals surface area contributed by atoms with Gasteiger partial charge in [-0.3, -0.25) is 0 Å². The second-order valence-electron chi connectivity index (χ2n) is 5.45. The first kappa shape index (κ1) is 13.5. The van der Waals surface area contributed by atoms with Crippen molar-refractivity contribution in [1.82, 2.24) is 0 Å². The Balaban J connectivity index is 1.91. The molecule has 1 atom stereocenters. The van der Waals surface area contributed by atoms with E-state index in [-0.39, 0.29) is 18.8 Å². The van der Waals surface area contributed by atoms with Gasteiger partial charge in [0.05, 0.1) is 6.10 Å². The van der Waals surface area contributed by atoms with E-state index in [9.17, 15) is 13.9 Å². The summed E-state index contributed by atoms with van der Waals surface area (Å²) in [5.74, 6) is -2.50. The van der Waals surface area contributed by atoms with Crippen molar-refractivity contribution in [3.63, 3.8) is 0 Å². The van der Waals surface area contributed by atoms with Crippen LogP contribution in [0.25, 0.3) is 0 Å². The quantitative estimate of drug-likeness (QED) is 0.871. The normalized spacial score (nSPS) is 21.8. The lowest BCUT2D eigenvalue weighted by Crippen LogP contribution is -2.32. The molecule has 100 valence electrons. The topological polar surface area (TPSA) is 20.2 Å². The predicted molar refractivity (Wildman–Crippen MR) is 67.8 cm³/mol. The number of alkyl halides is 2. The first-order chi connectivity index (χ1) is 8.46. The minimum absolute atomic E-state index is 0.0186. The molecule has 0 saturated heterocycles. The smallest absolute Gasteiger partial charge is 0.248 e. The van der Waals surface area contributed by atoms with Gasteiger partial charge in [0.1, 0.15) is 0 Å². The van der Waals surface area contributed by atoms with Crippen LogP contribution in [0.15, 0.2) is 24.3 Å². The number of aryl methyl sites for hydroxylation is 1. The minimum atomic E-state index is -2.51. The van der Waals surface area contributed by atoms with Crippen LogP contribution in [-0.4, -0.2) is 17.1 Å². The van der Waals surface area contributed by atoms with Crippen molar-refractivity contribution in [2.45, 2.75) is 51.1 Å². The van der Waals surface area contributed by atoms with Gasteiger partial charge in [0.15, 0.2) is 0 Å². The monoisotopic (exact) mass is 254 g/mol. The van der Waals surface area contributed by atoms with Crippen LogP contribution < -0.4 is 0 Å². The minimum Gasteiger partial charge on any atom is -0.392 e. The fourth-order valence-electron chi connectivity index (χ4n) is 2.69. The molecule has 1 nitrogen and oxygen atoms in total. The van der Waals surface area contributed by atoms with Crippen LogP contribution in [0.3, 0.4) is 0 Å². The fourth-order valence-corrected chi connectivity index (χ4v) is 2.69. The largest absolute Gasteiger partial charge is 0.392 e. The molecule has 1 aromatic rings. The average molecular weight is 254 g/mol. The Morgan fingerprint density at radius 2 is 2.00 bits per heavy atom. The maximum Gasteiger partial charge on any atom is 0.248 e. The maximum absolute atomic E-state index is 13.0. The van der Waals surface area contributed by atoms with Crippen LogP contribution in [-0.2, 0) is 6.42 Å². The molecule has 1 aliphatic carbocycles. The summed E-state index contributed by atoms with van der Waals surface area (Å²) in [5, 5.41) is 10.1. The molecule has 1 fully saturated rings. The molecule has 1 aliphatic rings. The number of hydrogen-bond donors (Lipinski definition) is 1. The molecule has 0 aliphatic heterocycles. The maximum atomic E-state index is 13.0. The van der Waals surface area contributed by atoms with Gasteiger partial charge in [-0.15, -0.1) is 0 Å². The Bertz CT molecular complexity index is 393. The molecular weight excluding hydrogens is 234 g/mol. The number of hydrogen-bond acceptors (Lipinski definition) is 1. The van der Waals surface area contributed by atoms with Crippen LogP contribution in [0.1, 0.15) is 36.8 Å². The average Bonchev–Trinajstić information content (AvgIpc) is 2.28. The van der Waals surface area contributed by atoms with Crippen molar-refractivity contribution >= 4 is 0 Å². The highest BCUT2D eigenvalue weighted by Gasteiger charge is 2.37. The number of benzene rings is 1. The highest BCUT2D eigenvalue weighted by Crippen LogP contribution is 2.37. The Morgan fingerprint density at radius 3 is 2.61 bits per heavy atom. The highest BCUT2D eigenvalue weighted by atomic mass is 19.3. The third-order valence-corrected chi connectivity index (χ3v) is 3.83. The second kappa shape index (κ2) is 5.35. The molecule has 0 radical (unpaired) electrons. The molecule has 1 saturated carbocycles. The summed E-state index contributed by atoms with van der Waals surface area (Å²) in [7, 11) is 0. The van der Waals surface area contributed by atoms with Gasteiger partial charge >= 0.3 is 0 Å². The van der Waals surface area contributed by atoms with Gasteiger partial charge in [-0.1, -0.05) is 29.8 Å². The molecule has 3 heteroatoms. The molecule has 2 rings (SSSR count). The lowest BCUT2D eigenvalue weighted by atomic mass is 9.81. The molecule has 0 spiro atoms. The molecule has 1 N–H and O–H groups in total. The van der Waals surface area contributed by atoms with Crippen molar-refractivity contribution in [1.29, 1.82) is 0 Å². The summed E-state index contributed by atoms with van der Waals surface area (Å²) in [4.78, 5) is 0. The van der Waals surface area contributed by atoms with Gasteiger partial charge < -0.3 is 5.11 Å². The first-order valence-corrected chi connectivity index (χ1v) is 6.58. The molecule has 0 amide bonds. The van der Waals surface area contributed by atoms with E-state index in [1.54, 1.807) is 0 Å². The Kier molecular flexibility index (Phi) is 4.00. The summed E-state index contributed by atoms with van der Waals surface area (Å²) in [6.07, 6.45) is 0.770. The van der Waals surface area contributed by atoms with Crippen molar-refractivity contribution in [3.05, 3.63) is 35.4 Å². The molecule has 0 bridgehead atoms. The van der Waals surface area contributed by atoms with Crippen molar-refractivity contribution in [2.75, 3.05) is 0 Å². The summed E-state index contributed by atoms with van der Waals surface area (Å²) in [6.45, 7) is 2.01. The third-order valence-electron chi connectivity index (χ3n) is 3.83. The van der Waals surface area contributed by atoms with Gasteiger partial charge in [0.25, 0.3) is 0 Å². The molecular formula is C15H20F2O. The lowest BCUT2D eigenvalue weighted by molar-refractivity contribution is -0.0619. The van der Waals surface area contributed by atoms with Gasteiger partial charge in [-0.2, -0.15) is 0 Å². The van der Waals surface area contributed by atoms with E-state index < -0.39 is 12.0 Å². The zero-order valence-corrected chi connectivity index (χ0v) is 10.7. The van der Waals surface area contributed by atoms with Gasteiger partial charge in [0, 0.05) is 12.8 Å². The number of halogens is 2. The fraction of sp³-hybridized carbons (Fsp3) is 0.600. The van der Waals surface area contributed by atoms with Crippen LogP contribution in [0.2, 0.25) is 0 Å². The number of rotatable bonds is 3. The van der Waals surface area contributed by atoms with Gasteiger partial charge in [-0.05, 0) is 37.7 Å². The van der Waals surface area contributed by atoms with Crippen molar-refractivity contribution < 1.29 is 13.9 Å². The number of aliphatic hydroxyl groups excluding tert-OH is 1. The summed E-state index contributed by atoms with van der Waals surface area (Å²) in [6, 6.07) is 8.00. The molecule has 0 heterocycles. The second-order valence-corrected chi connectivity index (χ2v) is 5.45. The lowest BCUT2D eigenvalue weighted by Gasteiger charge is -2.31. The van der Waals surface area contributed by atoms with E-state index in [2.05, 4.69) is 0 Å². The van der Waals surface area contributed by atoms with Crippen LogP contribution >= 0.6 is 0 Å². The number of aliphatic hydroxyl groups is 1. The van der Waals surface area contributed by atoms with E-state index in [0.717, 1.165) is 11.1 Å². The van der Waals surface area contributed by atoms with E-state index in [4.69, 9.17) is 0 Å². The van der Waals surface area contributed by atoms with Crippen LogP contribution in [0.5, 0.6) is 0 Å². The summed E-state index contributed by atoms with van der Waals surface area (Å²) in [5.41, 5.74) is 2.25. The molecule has 1 aromatic carbocycles. The van der Waals surface area contributed by atoms with Crippen LogP contribution in [0.4, 0.5) is 8.78 Å². The molecule has 18 heavy (non-hydrogen) atoms. The summed E-state index contributed by atoms with van der Waals surface area (Å²) >= 11 is 0. The zero-order valence-electron chi connectivity index (χ0n) is 10.7. The molecule has 0 aromatic heterocycles. The van der Waals surface area contributed by atoms with E-state index in [1.807, 2.05) is 31.2 Å². The van der Waals surface area contributed by atoms with Crippen molar-refractivity contribution in [2.24, 2.45) is 5.92 Å². The van der Waals surface area contributed by atoms with Crippen LogP contribution in [0, 0.1) is 12.8 Å². The zero-order chi connectivity index (χ0) is 13.2. The van der Waals surface area contributed by atoms with Crippen molar-refractivity contribution in [3.8, 4) is 0 Å². The SMILES string of the molecule is Cc1cccc(CC(O)C2CCC(F)(F)CC2)c1. The predicted octanol–water partition coefficient (Wildman–Crippen LogP) is 3.72. The summed E-state index contributed by atoms with van der Waals surface area (Å²) < 4.78 is 26.1. The Hall–Kier alpha value is -0.960. The first-order valence-electron chi connectivity index (χ1n) is 6.58. The van der Waals surface area contributed by atoms with E-state index >= 15 is 0 Å². The molecule has 1 unspecified atom stereocenters. The Labute approximate surface area is 107 Å². The van der Waals surface area contributed by atoms with E-state index in [1.165, 1.54) is 0 Å². The van der Waals surface area contributed by atoms with E-state index in [0.29, 0.717) is 19.3 Å². The van der Waals surface area contributed by atoms with Gasteiger partial charge in [-0.25, -0.2) is 8.78 Å². The van der Waals surface area contributed by atoms with Gasteiger partial charge in [0.2, 0.25) is 5.92 Å². The standard InChI is InChI=1S/C15H20F2O/c1-11-3-2-4-12(9-11)10-14(18)13-5-7-15(16,17)8-6-13/h2-4,9,13-14,18H,5-8,10H2,1H3. The Morgan fingerprint density at radius 1 is 1.33 bits per heavy atom. The third kappa shape index (κ3) is 3.52.